The zero-order chi connectivity index (χ0) is 21.4. The number of tetrazole rings is 1. The maximum atomic E-state index is 12.3. The van der Waals surface area contributed by atoms with Gasteiger partial charge in [-0.15, -0.1) is 0 Å². The van der Waals surface area contributed by atoms with E-state index in [0.29, 0.717) is 16.5 Å². The SMILES string of the molecule is Cc1cn(C)nc1-c1ccc(OCc2c(C)cccc2-n2nnn(C)c2=O)c(Cl)c1. The van der Waals surface area contributed by atoms with E-state index in [0.717, 1.165) is 27.9 Å². The molecule has 2 aromatic carbocycles. The second-order valence-corrected chi connectivity index (χ2v) is 7.54. The first kappa shape index (κ1) is 19.9. The number of hydrogen-bond acceptors (Lipinski definition) is 5. The van der Waals surface area contributed by atoms with Crippen molar-refractivity contribution in [2.24, 2.45) is 14.1 Å². The first-order chi connectivity index (χ1) is 14.3. The van der Waals surface area contributed by atoms with Crippen LogP contribution in [0.1, 0.15) is 16.7 Å². The largest absolute Gasteiger partial charge is 0.487 e. The van der Waals surface area contributed by atoms with Gasteiger partial charge in [-0.1, -0.05) is 23.7 Å². The van der Waals surface area contributed by atoms with E-state index in [9.17, 15) is 4.79 Å². The van der Waals surface area contributed by atoms with Crippen LogP contribution in [0.4, 0.5) is 0 Å². The molecule has 0 aliphatic carbocycles. The fourth-order valence-corrected chi connectivity index (χ4v) is 3.58. The van der Waals surface area contributed by atoms with Gasteiger partial charge in [0, 0.05) is 31.4 Å². The molecule has 0 amide bonds. The van der Waals surface area contributed by atoms with E-state index < -0.39 is 0 Å². The van der Waals surface area contributed by atoms with Crippen molar-refractivity contribution in [2.45, 2.75) is 20.5 Å². The lowest BCUT2D eigenvalue weighted by atomic mass is 10.1. The molecule has 4 rings (SSSR count). The molecule has 0 radical (unpaired) electrons. The highest BCUT2D eigenvalue weighted by atomic mass is 35.5. The first-order valence-electron chi connectivity index (χ1n) is 9.36. The van der Waals surface area contributed by atoms with Crippen LogP contribution in [0.5, 0.6) is 5.75 Å². The smallest absolute Gasteiger partial charge is 0.368 e. The standard InChI is InChI=1S/C21H21ClN6O2/c1-13-6-5-7-18(28-21(29)27(4)24-25-28)16(13)12-30-19-9-8-15(10-17(19)22)20-14(2)11-26(3)23-20/h5-11H,12H2,1-4H3. The van der Waals surface area contributed by atoms with Gasteiger partial charge in [-0.05, 0) is 59.7 Å². The predicted octanol–water partition coefficient (Wildman–Crippen LogP) is 3.22. The summed E-state index contributed by atoms with van der Waals surface area (Å²) in [6, 6.07) is 11.2. The van der Waals surface area contributed by atoms with Crippen LogP contribution < -0.4 is 10.4 Å². The third-order valence-electron chi connectivity index (χ3n) is 4.92. The maximum absolute atomic E-state index is 12.3. The second-order valence-electron chi connectivity index (χ2n) is 7.14. The summed E-state index contributed by atoms with van der Waals surface area (Å²) in [6.07, 6.45) is 1.96. The van der Waals surface area contributed by atoms with E-state index in [1.807, 2.05) is 63.5 Å². The Kier molecular flexibility index (Phi) is 5.17. The Morgan fingerprint density at radius 3 is 2.50 bits per heavy atom. The second kappa shape index (κ2) is 7.79. The van der Waals surface area contributed by atoms with Gasteiger partial charge >= 0.3 is 5.69 Å². The Balaban J connectivity index is 1.62. The third kappa shape index (κ3) is 3.61. The summed E-state index contributed by atoms with van der Waals surface area (Å²) < 4.78 is 10.2. The molecule has 154 valence electrons. The first-order valence-corrected chi connectivity index (χ1v) is 9.74. The van der Waals surface area contributed by atoms with Crippen LogP contribution in [-0.4, -0.2) is 29.6 Å². The van der Waals surface area contributed by atoms with Gasteiger partial charge in [-0.2, -0.15) is 14.5 Å². The quantitative estimate of drug-likeness (QED) is 0.491. The Labute approximate surface area is 178 Å². The van der Waals surface area contributed by atoms with E-state index in [2.05, 4.69) is 15.5 Å². The molecule has 0 fully saturated rings. The fraction of sp³-hybridized carbons (Fsp3) is 0.238. The Hall–Kier alpha value is -3.39. The zero-order valence-corrected chi connectivity index (χ0v) is 17.9. The van der Waals surface area contributed by atoms with E-state index >= 15 is 0 Å². The molecule has 2 heterocycles. The van der Waals surface area contributed by atoms with Crippen molar-refractivity contribution < 1.29 is 4.74 Å². The molecule has 30 heavy (non-hydrogen) atoms. The van der Waals surface area contributed by atoms with Crippen molar-refractivity contribution in [2.75, 3.05) is 0 Å². The number of aryl methyl sites for hydroxylation is 4. The summed E-state index contributed by atoms with van der Waals surface area (Å²) in [7, 11) is 3.44. The minimum atomic E-state index is -0.324. The van der Waals surface area contributed by atoms with Crippen LogP contribution in [0, 0.1) is 13.8 Å². The van der Waals surface area contributed by atoms with Crippen LogP contribution in [0.3, 0.4) is 0 Å². The molecule has 2 aromatic heterocycles. The summed E-state index contributed by atoms with van der Waals surface area (Å²) in [6.45, 7) is 4.19. The normalized spacial score (nSPS) is 11.1. The molecular formula is C21H21ClN6O2. The molecule has 0 N–H and O–H groups in total. The van der Waals surface area contributed by atoms with Gasteiger partial charge in [0.1, 0.15) is 12.4 Å². The highest BCUT2D eigenvalue weighted by molar-refractivity contribution is 6.32. The van der Waals surface area contributed by atoms with Gasteiger partial charge in [0.2, 0.25) is 0 Å². The number of rotatable bonds is 5. The summed E-state index contributed by atoms with van der Waals surface area (Å²) in [5.74, 6) is 0.551. The minimum absolute atomic E-state index is 0.229. The van der Waals surface area contributed by atoms with Crippen LogP contribution in [0.15, 0.2) is 47.4 Å². The van der Waals surface area contributed by atoms with Crippen molar-refractivity contribution in [1.29, 1.82) is 0 Å². The molecule has 0 atom stereocenters. The molecule has 0 aliphatic heterocycles. The molecule has 9 heteroatoms. The van der Waals surface area contributed by atoms with Crippen molar-refractivity contribution in [3.63, 3.8) is 0 Å². The van der Waals surface area contributed by atoms with E-state index in [1.165, 1.54) is 9.36 Å². The molecule has 4 aromatic rings. The van der Waals surface area contributed by atoms with E-state index in [4.69, 9.17) is 16.3 Å². The summed E-state index contributed by atoms with van der Waals surface area (Å²) >= 11 is 6.49. The highest BCUT2D eigenvalue weighted by Crippen LogP contribution is 2.32. The lowest BCUT2D eigenvalue weighted by molar-refractivity contribution is 0.305. The van der Waals surface area contributed by atoms with Crippen LogP contribution in [0.25, 0.3) is 16.9 Å². The number of benzene rings is 2. The molecular weight excluding hydrogens is 404 g/mol. The van der Waals surface area contributed by atoms with Gasteiger partial charge in [-0.3, -0.25) is 4.68 Å². The average Bonchev–Trinajstić information content (AvgIpc) is 3.22. The van der Waals surface area contributed by atoms with Crippen LogP contribution in [-0.2, 0) is 20.7 Å². The number of hydrogen-bond donors (Lipinski definition) is 0. The molecule has 8 nitrogen and oxygen atoms in total. The number of ether oxygens (including phenoxy) is 1. The molecule has 0 aliphatic rings. The molecule has 0 unspecified atom stereocenters. The summed E-state index contributed by atoms with van der Waals surface area (Å²) in [5.41, 5.74) is 4.99. The number of nitrogens with zero attached hydrogens (tertiary/aromatic N) is 6. The predicted molar refractivity (Wildman–Crippen MR) is 114 cm³/mol. The number of aromatic nitrogens is 6. The van der Waals surface area contributed by atoms with Crippen molar-refractivity contribution >= 4 is 11.6 Å². The van der Waals surface area contributed by atoms with Crippen molar-refractivity contribution in [3.05, 3.63) is 74.8 Å². The van der Waals surface area contributed by atoms with E-state index in [1.54, 1.807) is 11.7 Å². The lowest BCUT2D eigenvalue weighted by Gasteiger charge is -2.14. The third-order valence-corrected chi connectivity index (χ3v) is 5.22. The van der Waals surface area contributed by atoms with Gasteiger partial charge in [0.15, 0.2) is 0 Å². The maximum Gasteiger partial charge on any atom is 0.368 e. The Morgan fingerprint density at radius 1 is 1.07 bits per heavy atom. The molecule has 0 spiro atoms. The Morgan fingerprint density at radius 2 is 1.87 bits per heavy atom. The van der Waals surface area contributed by atoms with Crippen molar-refractivity contribution in [3.8, 4) is 22.7 Å². The van der Waals surface area contributed by atoms with Crippen LogP contribution >= 0.6 is 11.6 Å². The monoisotopic (exact) mass is 424 g/mol. The van der Waals surface area contributed by atoms with Crippen molar-refractivity contribution in [1.82, 2.24) is 29.6 Å². The highest BCUT2D eigenvalue weighted by Gasteiger charge is 2.15. The van der Waals surface area contributed by atoms with Gasteiger partial charge < -0.3 is 4.74 Å². The zero-order valence-electron chi connectivity index (χ0n) is 17.1. The topological polar surface area (TPSA) is 79.8 Å². The Bertz CT molecular complexity index is 1290. The van der Waals surface area contributed by atoms with Gasteiger partial charge in [0.25, 0.3) is 0 Å². The van der Waals surface area contributed by atoms with Crippen LogP contribution in [0.2, 0.25) is 5.02 Å². The molecule has 0 saturated heterocycles. The summed E-state index contributed by atoms with van der Waals surface area (Å²) in [5, 5.41) is 12.7. The lowest BCUT2D eigenvalue weighted by Crippen LogP contribution is -2.23. The summed E-state index contributed by atoms with van der Waals surface area (Å²) in [4.78, 5) is 12.3. The van der Waals surface area contributed by atoms with Gasteiger partial charge in [0.05, 0.1) is 16.4 Å². The minimum Gasteiger partial charge on any atom is -0.487 e. The molecule has 0 bridgehead atoms. The molecule has 0 saturated carbocycles. The van der Waals surface area contributed by atoms with Gasteiger partial charge in [-0.25, -0.2) is 4.79 Å². The average molecular weight is 425 g/mol. The number of halogens is 1. The fourth-order valence-electron chi connectivity index (χ4n) is 3.35. The van der Waals surface area contributed by atoms with E-state index in [-0.39, 0.29) is 12.3 Å².